The molecular weight excluding hydrogens is 184 g/mol. The lowest BCUT2D eigenvalue weighted by Gasteiger charge is -2.25. The van der Waals surface area contributed by atoms with Crippen molar-refractivity contribution in [3.05, 3.63) is 12.3 Å². The molecule has 1 atom stereocenters. The Kier molecular flexibility index (Phi) is 2.49. The number of nitrogens with zero attached hydrogens (tertiary/aromatic N) is 2. The largest absolute Gasteiger partial charge is 0.474 e. The van der Waals surface area contributed by atoms with E-state index in [4.69, 9.17) is 9.47 Å². The zero-order chi connectivity index (χ0) is 9.97. The normalized spacial score (nSPS) is 20.2. The molecule has 0 saturated carbocycles. The van der Waals surface area contributed by atoms with Gasteiger partial charge in [0.15, 0.2) is 0 Å². The molecule has 0 spiro atoms. The molecule has 0 N–H and O–H groups in total. The van der Waals surface area contributed by atoms with E-state index >= 15 is 0 Å². The van der Waals surface area contributed by atoms with Crippen molar-refractivity contribution in [1.82, 2.24) is 9.78 Å². The SMILES string of the molecule is CC(=O)n1ccc(OC[C@@H]2CCO2)n1. The van der Waals surface area contributed by atoms with Crippen LogP contribution in [0.15, 0.2) is 12.3 Å². The lowest BCUT2D eigenvalue weighted by Crippen LogP contribution is -2.32. The average molecular weight is 196 g/mol. The van der Waals surface area contributed by atoms with Crippen LogP contribution in [0.25, 0.3) is 0 Å². The molecule has 2 heterocycles. The Morgan fingerprint density at radius 2 is 2.64 bits per heavy atom. The van der Waals surface area contributed by atoms with E-state index in [-0.39, 0.29) is 12.0 Å². The third-order valence-corrected chi connectivity index (χ3v) is 2.10. The van der Waals surface area contributed by atoms with Crippen LogP contribution < -0.4 is 4.74 Å². The summed E-state index contributed by atoms with van der Waals surface area (Å²) in [6.07, 6.45) is 2.81. The number of carbonyl (C=O) groups is 1. The van der Waals surface area contributed by atoms with E-state index in [1.54, 1.807) is 12.3 Å². The van der Waals surface area contributed by atoms with Gasteiger partial charge in [0.05, 0.1) is 6.10 Å². The van der Waals surface area contributed by atoms with Gasteiger partial charge in [0.2, 0.25) is 11.8 Å². The molecule has 0 bridgehead atoms. The fourth-order valence-electron chi connectivity index (χ4n) is 1.15. The highest BCUT2D eigenvalue weighted by atomic mass is 16.5. The van der Waals surface area contributed by atoms with Gasteiger partial charge in [-0.15, -0.1) is 5.10 Å². The maximum absolute atomic E-state index is 10.9. The van der Waals surface area contributed by atoms with E-state index in [9.17, 15) is 4.79 Å². The molecule has 14 heavy (non-hydrogen) atoms. The van der Waals surface area contributed by atoms with Crippen LogP contribution in [0.3, 0.4) is 0 Å². The molecule has 0 radical (unpaired) electrons. The minimum Gasteiger partial charge on any atom is -0.474 e. The predicted molar refractivity (Wildman–Crippen MR) is 48.4 cm³/mol. The molecule has 0 aromatic carbocycles. The second-order valence-corrected chi connectivity index (χ2v) is 3.21. The summed E-state index contributed by atoms with van der Waals surface area (Å²) in [5.74, 6) is 0.343. The van der Waals surface area contributed by atoms with Crippen LogP contribution in [-0.4, -0.2) is 35.0 Å². The van der Waals surface area contributed by atoms with Gasteiger partial charge in [0.1, 0.15) is 6.61 Å². The van der Waals surface area contributed by atoms with Gasteiger partial charge < -0.3 is 9.47 Å². The molecule has 5 heteroatoms. The van der Waals surface area contributed by atoms with Crippen LogP contribution in [0.1, 0.15) is 18.1 Å². The Balaban J connectivity index is 1.86. The highest BCUT2D eigenvalue weighted by Crippen LogP contribution is 2.13. The van der Waals surface area contributed by atoms with E-state index in [2.05, 4.69) is 5.10 Å². The summed E-state index contributed by atoms with van der Waals surface area (Å²) in [7, 11) is 0. The molecule has 0 aliphatic carbocycles. The summed E-state index contributed by atoms with van der Waals surface area (Å²) >= 11 is 0. The molecule has 1 aromatic heterocycles. The summed E-state index contributed by atoms with van der Waals surface area (Å²) in [5.41, 5.74) is 0. The highest BCUT2D eigenvalue weighted by molar-refractivity contribution is 5.75. The van der Waals surface area contributed by atoms with E-state index in [0.29, 0.717) is 12.5 Å². The summed E-state index contributed by atoms with van der Waals surface area (Å²) < 4.78 is 11.8. The highest BCUT2D eigenvalue weighted by Gasteiger charge is 2.19. The van der Waals surface area contributed by atoms with Crippen molar-refractivity contribution in [3.63, 3.8) is 0 Å². The number of hydrogen-bond acceptors (Lipinski definition) is 4. The monoisotopic (exact) mass is 196 g/mol. The predicted octanol–water partition coefficient (Wildman–Crippen LogP) is 0.711. The lowest BCUT2D eigenvalue weighted by molar-refractivity contribution is -0.0727. The molecule has 1 aliphatic rings. The topological polar surface area (TPSA) is 53.4 Å². The quantitative estimate of drug-likeness (QED) is 0.714. The Hall–Kier alpha value is -1.36. The van der Waals surface area contributed by atoms with Crippen molar-refractivity contribution < 1.29 is 14.3 Å². The smallest absolute Gasteiger partial charge is 0.243 e. The van der Waals surface area contributed by atoms with Gasteiger partial charge in [-0.25, -0.2) is 4.68 Å². The van der Waals surface area contributed by atoms with Crippen LogP contribution in [0, 0.1) is 0 Å². The molecule has 5 nitrogen and oxygen atoms in total. The van der Waals surface area contributed by atoms with Gasteiger partial charge in [-0.2, -0.15) is 0 Å². The van der Waals surface area contributed by atoms with Crippen LogP contribution in [-0.2, 0) is 4.74 Å². The maximum Gasteiger partial charge on any atom is 0.243 e. The Labute approximate surface area is 81.6 Å². The van der Waals surface area contributed by atoms with Crippen LogP contribution in [0.5, 0.6) is 5.88 Å². The average Bonchev–Trinajstić information content (AvgIpc) is 2.50. The second-order valence-electron chi connectivity index (χ2n) is 3.21. The Morgan fingerprint density at radius 3 is 3.14 bits per heavy atom. The first-order chi connectivity index (χ1) is 6.75. The van der Waals surface area contributed by atoms with E-state index in [1.807, 2.05) is 0 Å². The van der Waals surface area contributed by atoms with Gasteiger partial charge >= 0.3 is 0 Å². The van der Waals surface area contributed by atoms with Crippen molar-refractivity contribution in [3.8, 4) is 5.88 Å². The fourth-order valence-corrected chi connectivity index (χ4v) is 1.15. The van der Waals surface area contributed by atoms with Crippen molar-refractivity contribution in [2.45, 2.75) is 19.4 Å². The zero-order valence-electron chi connectivity index (χ0n) is 7.97. The molecule has 1 fully saturated rings. The van der Waals surface area contributed by atoms with E-state index < -0.39 is 0 Å². The van der Waals surface area contributed by atoms with Gasteiger partial charge in [0, 0.05) is 32.2 Å². The minimum atomic E-state index is -0.125. The second kappa shape index (κ2) is 3.79. The number of carbonyl (C=O) groups excluding carboxylic acids is 1. The maximum atomic E-state index is 10.9. The molecule has 2 rings (SSSR count). The van der Waals surface area contributed by atoms with Gasteiger partial charge in [-0.05, 0) is 0 Å². The van der Waals surface area contributed by atoms with Gasteiger partial charge in [-0.1, -0.05) is 0 Å². The number of rotatable bonds is 3. The van der Waals surface area contributed by atoms with Crippen molar-refractivity contribution in [2.75, 3.05) is 13.2 Å². The van der Waals surface area contributed by atoms with Crippen LogP contribution >= 0.6 is 0 Å². The van der Waals surface area contributed by atoms with Crippen molar-refractivity contribution >= 4 is 5.91 Å². The zero-order valence-corrected chi connectivity index (χ0v) is 7.97. The van der Waals surface area contributed by atoms with Crippen molar-refractivity contribution in [2.24, 2.45) is 0 Å². The standard InChI is InChI=1S/C9H12N2O3/c1-7(12)11-4-2-9(10-11)14-6-8-3-5-13-8/h2,4,8H,3,5-6H2,1H3/t8-/m0/s1. The lowest BCUT2D eigenvalue weighted by atomic mass is 10.2. The first kappa shape index (κ1) is 9.21. The van der Waals surface area contributed by atoms with E-state index in [1.165, 1.54) is 11.6 Å². The third kappa shape index (κ3) is 1.93. The van der Waals surface area contributed by atoms with Gasteiger partial charge in [-0.3, -0.25) is 4.79 Å². The van der Waals surface area contributed by atoms with E-state index in [0.717, 1.165) is 13.0 Å². The van der Waals surface area contributed by atoms with Gasteiger partial charge in [0.25, 0.3) is 0 Å². The van der Waals surface area contributed by atoms with Crippen LogP contribution in [0.4, 0.5) is 0 Å². The first-order valence-electron chi connectivity index (χ1n) is 4.57. The third-order valence-electron chi connectivity index (χ3n) is 2.10. The fraction of sp³-hybridized carbons (Fsp3) is 0.556. The first-order valence-corrected chi connectivity index (χ1v) is 4.57. The summed E-state index contributed by atoms with van der Waals surface area (Å²) in [6.45, 7) is 2.77. The molecule has 1 aromatic rings. The summed E-state index contributed by atoms with van der Waals surface area (Å²) in [5, 5.41) is 3.93. The molecule has 1 aliphatic heterocycles. The number of aromatic nitrogens is 2. The molecule has 76 valence electrons. The Morgan fingerprint density at radius 1 is 1.86 bits per heavy atom. The molecule has 1 saturated heterocycles. The summed E-state index contributed by atoms with van der Waals surface area (Å²) in [4.78, 5) is 10.9. The summed E-state index contributed by atoms with van der Waals surface area (Å²) in [6, 6.07) is 1.67. The number of hydrogen-bond donors (Lipinski definition) is 0. The van der Waals surface area contributed by atoms with Crippen LogP contribution in [0.2, 0.25) is 0 Å². The molecule has 0 unspecified atom stereocenters. The Bertz CT molecular complexity index is 331. The number of ether oxygens (including phenoxy) is 2. The molecular formula is C9H12N2O3. The minimum absolute atomic E-state index is 0.125. The van der Waals surface area contributed by atoms with Crippen molar-refractivity contribution in [1.29, 1.82) is 0 Å². The molecule has 0 amide bonds.